The number of nitrogens with zero attached hydrogens (tertiary/aromatic N) is 1. The van der Waals surface area contributed by atoms with Crippen LogP contribution in [0.4, 0.5) is 11.4 Å². The highest BCUT2D eigenvalue weighted by atomic mass is 79.9. The Morgan fingerprint density at radius 3 is 2.54 bits per heavy atom. The monoisotopic (exact) mass is 422 g/mol. The highest BCUT2D eigenvalue weighted by Crippen LogP contribution is 2.33. The maximum atomic E-state index is 11.2. The van der Waals surface area contributed by atoms with Gasteiger partial charge in [-0.2, -0.15) is 0 Å². The first-order valence-electron chi connectivity index (χ1n) is 8.46. The molecule has 2 rings (SSSR count). The molecule has 7 heteroatoms. The molecule has 26 heavy (non-hydrogen) atoms. The number of nitro groups is 1. The van der Waals surface area contributed by atoms with Gasteiger partial charge in [0.2, 0.25) is 0 Å². The van der Waals surface area contributed by atoms with Crippen molar-refractivity contribution in [3.63, 3.8) is 0 Å². The average molecular weight is 423 g/mol. The quantitative estimate of drug-likeness (QED) is 0.322. The van der Waals surface area contributed by atoms with E-state index in [-0.39, 0.29) is 10.6 Å². The molecule has 0 saturated heterocycles. The first kappa shape index (κ1) is 20.4. The second-order valence-corrected chi connectivity index (χ2v) is 6.61. The fourth-order valence-corrected chi connectivity index (χ4v) is 2.75. The number of ether oxygens (including phenoxy) is 2. The molecule has 0 fully saturated rings. The number of rotatable bonds is 11. The predicted molar refractivity (Wildman–Crippen MR) is 106 cm³/mol. The van der Waals surface area contributed by atoms with E-state index in [4.69, 9.17) is 9.47 Å². The van der Waals surface area contributed by atoms with Crippen LogP contribution >= 0.6 is 15.9 Å². The summed E-state index contributed by atoms with van der Waals surface area (Å²) in [6.45, 7) is 4.56. The minimum absolute atomic E-state index is 0.106. The van der Waals surface area contributed by atoms with Crippen molar-refractivity contribution in [3.8, 4) is 0 Å². The van der Waals surface area contributed by atoms with Gasteiger partial charge in [0.25, 0.3) is 5.69 Å². The molecule has 0 atom stereocenters. The fraction of sp³-hybridized carbons (Fsp3) is 0.368. The molecular weight excluding hydrogens is 400 g/mol. The molecule has 1 N–H and O–H groups in total. The maximum absolute atomic E-state index is 11.2. The van der Waals surface area contributed by atoms with Gasteiger partial charge in [-0.05, 0) is 31.0 Å². The van der Waals surface area contributed by atoms with Crippen molar-refractivity contribution in [2.45, 2.75) is 20.0 Å². The van der Waals surface area contributed by atoms with E-state index in [0.29, 0.717) is 44.2 Å². The molecule has 0 spiro atoms. The van der Waals surface area contributed by atoms with Crippen LogP contribution in [-0.2, 0) is 16.1 Å². The molecule has 2 aromatic carbocycles. The second kappa shape index (κ2) is 10.9. The molecule has 6 nitrogen and oxygen atoms in total. The van der Waals surface area contributed by atoms with Crippen molar-refractivity contribution in [1.82, 2.24) is 0 Å². The van der Waals surface area contributed by atoms with Crippen molar-refractivity contribution < 1.29 is 14.4 Å². The van der Waals surface area contributed by atoms with Crippen molar-refractivity contribution >= 4 is 27.3 Å². The summed E-state index contributed by atoms with van der Waals surface area (Å²) < 4.78 is 11.8. The lowest BCUT2D eigenvalue weighted by Gasteiger charge is -2.10. The normalized spacial score (nSPS) is 10.7. The average Bonchev–Trinajstić information content (AvgIpc) is 2.63. The van der Waals surface area contributed by atoms with E-state index in [1.54, 1.807) is 13.0 Å². The van der Waals surface area contributed by atoms with Gasteiger partial charge in [-0.3, -0.25) is 10.1 Å². The van der Waals surface area contributed by atoms with Crippen LogP contribution in [0.3, 0.4) is 0 Å². The van der Waals surface area contributed by atoms with Crippen LogP contribution in [0.2, 0.25) is 0 Å². The Balaban J connectivity index is 1.60. The summed E-state index contributed by atoms with van der Waals surface area (Å²) in [6, 6.07) is 13.5. The molecule has 0 aliphatic rings. The Morgan fingerprint density at radius 1 is 1.08 bits per heavy atom. The van der Waals surface area contributed by atoms with Crippen LogP contribution in [0.25, 0.3) is 0 Å². The van der Waals surface area contributed by atoms with Gasteiger partial charge < -0.3 is 14.8 Å². The lowest BCUT2D eigenvalue weighted by molar-refractivity contribution is -0.384. The first-order valence-corrected chi connectivity index (χ1v) is 9.25. The third kappa shape index (κ3) is 6.40. The number of nitrogens with one attached hydrogen (secondary N) is 1. The van der Waals surface area contributed by atoms with E-state index in [0.717, 1.165) is 16.5 Å². The van der Waals surface area contributed by atoms with Crippen LogP contribution in [0.15, 0.2) is 46.9 Å². The molecule has 0 amide bonds. The smallest absolute Gasteiger partial charge is 0.296 e. The van der Waals surface area contributed by atoms with Crippen molar-refractivity contribution in [1.29, 1.82) is 0 Å². The van der Waals surface area contributed by atoms with Gasteiger partial charge in [-0.25, -0.2) is 0 Å². The molecule has 0 aromatic heterocycles. The summed E-state index contributed by atoms with van der Waals surface area (Å²) in [7, 11) is 0. The second-order valence-electron chi connectivity index (χ2n) is 5.76. The van der Waals surface area contributed by atoms with Crippen LogP contribution in [-0.4, -0.2) is 31.3 Å². The van der Waals surface area contributed by atoms with Crippen LogP contribution < -0.4 is 5.32 Å². The van der Waals surface area contributed by atoms with E-state index in [2.05, 4.69) is 21.2 Å². The Morgan fingerprint density at radius 2 is 1.81 bits per heavy atom. The van der Waals surface area contributed by atoms with Crippen molar-refractivity contribution in [3.05, 3.63) is 68.2 Å². The standard InChI is InChI=1S/C19H23BrN2O4/c1-15-17(20)8-9-18(19(15)22(23)24)21-10-5-11-25-12-13-26-14-16-6-3-2-4-7-16/h2-4,6-9,21H,5,10-14H2,1H3. The van der Waals surface area contributed by atoms with E-state index in [9.17, 15) is 10.1 Å². The largest absolute Gasteiger partial charge is 0.379 e. The third-order valence-electron chi connectivity index (χ3n) is 3.81. The summed E-state index contributed by atoms with van der Waals surface area (Å²) in [5.41, 5.74) is 2.39. The summed E-state index contributed by atoms with van der Waals surface area (Å²) >= 11 is 3.32. The summed E-state index contributed by atoms with van der Waals surface area (Å²) in [5.74, 6) is 0. The number of hydrogen-bond donors (Lipinski definition) is 1. The van der Waals surface area contributed by atoms with Gasteiger partial charge in [0.05, 0.1) is 24.7 Å². The molecule has 0 saturated carbocycles. The lowest BCUT2D eigenvalue weighted by Crippen LogP contribution is -2.10. The highest BCUT2D eigenvalue weighted by Gasteiger charge is 2.18. The molecule has 0 unspecified atom stereocenters. The van der Waals surface area contributed by atoms with Gasteiger partial charge in [0.15, 0.2) is 0 Å². The zero-order chi connectivity index (χ0) is 18.8. The Kier molecular flexibility index (Phi) is 8.53. The lowest BCUT2D eigenvalue weighted by atomic mass is 10.1. The van der Waals surface area contributed by atoms with Gasteiger partial charge in [0.1, 0.15) is 5.69 Å². The number of hydrogen-bond acceptors (Lipinski definition) is 5. The van der Waals surface area contributed by atoms with Gasteiger partial charge in [0, 0.05) is 23.2 Å². The molecule has 0 aliphatic carbocycles. The van der Waals surface area contributed by atoms with E-state index < -0.39 is 0 Å². The Bertz CT molecular complexity index is 710. The zero-order valence-corrected chi connectivity index (χ0v) is 16.3. The van der Waals surface area contributed by atoms with E-state index in [1.807, 2.05) is 36.4 Å². The summed E-state index contributed by atoms with van der Waals surface area (Å²) in [4.78, 5) is 10.9. The minimum atomic E-state index is -0.358. The molecule has 0 bridgehead atoms. The number of benzene rings is 2. The topological polar surface area (TPSA) is 73.6 Å². The number of halogens is 1. The predicted octanol–water partition coefficient (Wildman–Crippen LogP) is 4.70. The van der Waals surface area contributed by atoms with Gasteiger partial charge >= 0.3 is 0 Å². The maximum Gasteiger partial charge on any atom is 0.296 e. The molecule has 2 aromatic rings. The summed E-state index contributed by atoms with van der Waals surface area (Å²) in [6.07, 6.45) is 0.755. The Labute approximate surface area is 161 Å². The first-order chi connectivity index (χ1) is 12.6. The molecule has 0 radical (unpaired) electrons. The molecular formula is C19H23BrN2O4. The number of anilines is 1. The minimum Gasteiger partial charge on any atom is -0.379 e. The van der Waals surface area contributed by atoms with Gasteiger partial charge in [-0.1, -0.05) is 46.3 Å². The Hall–Kier alpha value is -1.96. The molecule has 0 aliphatic heterocycles. The molecule has 140 valence electrons. The summed E-state index contributed by atoms with van der Waals surface area (Å²) in [5, 5.41) is 14.4. The van der Waals surface area contributed by atoms with Crippen LogP contribution in [0, 0.1) is 17.0 Å². The molecule has 0 heterocycles. The van der Waals surface area contributed by atoms with Crippen LogP contribution in [0.5, 0.6) is 0 Å². The number of nitro benzene ring substituents is 1. The van der Waals surface area contributed by atoms with Crippen molar-refractivity contribution in [2.75, 3.05) is 31.7 Å². The third-order valence-corrected chi connectivity index (χ3v) is 4.67. The van der Waals surface area contributed by atoms with Gasteiger partial charge in [-0.15, -0.1) is 0 Å². The highest BCUT2D eigenvalue weighted by molar-refractivity contribution is 9.10. The van der Waals surface area contributed by atoms with Crippen molar-refractivity contribution in [2.24, 2.45) is 0 Å². The van der Waals surface area contributed by atoms with E-state index in [1.165, 1.54) is 0 Å². The van der Waals surface area contributed by atoms with Crippen LogP contribution in [0.1, 0.15) is 17.5 Å². The fourth-order valence-electron chi connectivity index (χ4n) is 2.43. The SMILES string of the molecule is Cc1c(Br)ccc(NCCCOCCOCc2ccccc2)c1[N+](=O)[O-]. The van der Waals surface area contributed by atoms with E-state index >= 15 is 0 Å². The zero-order valence-electron chi connectivity index (χ0n) is 14.7.